The third kappa shape index (κ3) is 4.40. The highest BCUT2D eigenvalue weighted by Crippen LogP contribution is 2.48. The number of likely N-dealkylation sites (N-methyl/N-ethyl adjacent to an activating group) is 1. The number of nitrogens with zero attached hydrogens (tertiary/aromatic N) is 1. The van der Waals surface area contributed by atoms with E-state index in [1.165, 1.54) is 0 Å². The number of benzene rings is 2. The molecule has 5 rings (SSSR count). The summed E-state index contributed by atoms with van der Waals surface area (Å²) in [6, 6.07) is 18.8. The zero-order valence-electron chi connectivity index (χ0n) is 17.3. The van der Waals surface area contributed by atoms with Gasteiger partial charge >= 0.3 is 11.9 Å². The Labute approximate surface area is 192 Å². The van der Waals surface area contributed by atoms with Crippen LogP contribution in [0.5, 0.6) is 0 Å². The van der Waals surface area contributed by atoms with E-state index >= 15 is 0 Å². The van der Waals surface area contributed by atoms with Crippen LogP contribution in [0.1, 0.15) is 34.7 Å². The van der Waals surface area contributed by atoms with Gasteiger partial charge in [-0.3, -0.25) is 9.69 Å². The maximum Gasteiger partial charge on any atom is 0.338 e. The molecule has 6 nitrogen and oxygen atoms in total. The molecular weight excluding hydrogens is 462 g/mol. The topological polar surface area (TPSA) is 68.4 Å². The lowest BCUT2D eigenvalue weighted by Crippen LogP contribution is -2.48. The summed E-state index contributed by atoms with van der Waals surface area (Å²) in [4.78, 5) is 27.8. The van der Waals surface area contributed by atoms with Crippen molar-refractivity contribution >= 4 is 28.9 Å². The number of hydrogen-bond acceptors (Lipinski definition) is 6. The van der Waals surface area contributed by atoms with E-state index in [0.717, 1.165) is 18.4 Å². The largest absolute Gasteiger partial charge is 0.462 e. The van der Waals surface area contributed by atoms with E-state index in [1.54, 1.807) is 24.3 Å². The van der Waals surface area contributed by atoms with E-state index in [9.17, 15) is 9.59 Å². The van der Waals surface area contributed by atoms with E-state index in [0.29, 0.717) is 29.9 Å². The second-order valence-electron chi connectivity index (χ2n) is 8.32. The molecule has 164 valence electrons. The average molecular weight is 488 g/mol. The number of carbonyl (C=O) groups is 2. The SMILES string of the molecule is Br.CN1[C@@H]2C[C@@H](OC(=O)[C@H](COC(=O)c3ccccc3)c3ccccc3)C[C@H]1[C@@H]1O[C@@H]12. The van der Waals surface area contributed by atoms with Gasteiger partial charge in [0.1, 0.15) is 30.8 Å². The highest BCUT2D eigenvalue weighted by molar-refractivity contribution is 8.93. The van der Waals surface area contributed by atoms with E-state index < -0.39 is 11.9 Å². The number of rotatable bonds is 6. The van der Waals surface area contributed by atoms with Crippen LogP contribution in [0.25, 0.3) is 0 Å². The molecule has 2 bridgehead atoms. The van der Waals surface area contributed by atoms with Gasteiger partial charge in [-0.1, -0.05) is 48.5 Å². The summed E-state index contributed by atoms with van der Waals surface area (Å²) < 4.78 is 17.1. The lowest BCUT2D eigenvalue weighted by molar-refractivity contribution is -0.156. The van der Waals surface area contributed by atoms with Crippen LogP contribution < -0.4 is 0 Å². The monoisotopic (exact) mass is 487 g/mol. The van der Waals surface area contributed by atoms with Gasteiger partial charge in [0.15, 0.2) is 0 Å². The second-order valence-corrected chi connectivity index (χ2v) is 8.32. The van der Waals surface area contributed by atoms with Crippen LogP contribution in [0.4, 0.5) is 0 Å². The first-order valence-electron chi connectivity index (χ1n) is 10.5. The van der Waals surface area contributed by atoms with Crippen LogP contribution in [0, 0.1) is 0 Å². The fraction of sp³-hybridized carbons (Fsp3) is 0.417. The van der Waals surface area contributed by atoms with Gasteiger partial charge in [-0.2, -0.15) is 0 Å². The smallest absolute Gasteiger partial charge is 0.338 e. The van der Waals surface area contributed by atoms with Gasteiger partial charge in [0.25, 0.3) is 0 Å². The summed E-state index contributed by atoms with van der Waals surface area (Å²) in [6.07, 6.45) is 2.02. The number of ether oxygens (including phenoxy) is 3. The van der Waals surface area contributed by atoms with Crippen molar-refractivity contribution in [1.29, 1.82) is 0 Å². The molecule has 6 atom stereocenters. The summed E-state index contributed by atoms with van der Waals surface area (Å²) in [5.74, 6) is -1.44. The Morgan fingerprint density at radius 1 is 1.00 bits per heavy atom. The van der Waals surface area contributed by atoms with Gasteiger partial charge in [-0.15, -0.1) is 17.0 Å². The number of epoxide rings is 1. The highest BCUT2D eigenvalue weighted by atomic mass is 79.9. The maximum absolute atomic E-state index is 13.1. The number of carbonyl (C=O) groups excluding carboxylic acids is 2. The van der Waals surface area contributed by atoms with Gasteiger partial charge < -0.3 is 14.2 Å². The summed E-state index contributed by atoms with van der Waals surface area (Å²) in [6.45, 7) is -0.0512. The molecule has 0 aliphatic carbocycles. The summed E-state index contributed by atoms with van der Waals surface area (Å²) in [5, 5.41) is 0. The zero-order chi connectivity index (χ0) is 20.7. The first-order chi connectivity index (χ1) is 14.6. The Morgan fingerprint density at radius 3 is 2.19 bits per heavy atom. The van der Waals surface area contributed by atoms with Crippen molar-refractivity contribution in [1.82, 2.24) is 4.90 Å². The van der Waals surface area contributed by atoms with Crippen LogP contribution in [0.3, 0.4) is 0 Å². The molecule has 3 fully saturated rings. The Hall–Kier alpha value is -2.22. The van der Waals surface area contributed by atoms with Crippen molar-refractivity contribution in [3.8, 4) is 0 Å². The molecule has 0 spiro atoms. The Kier molecular flexibility index (Phi) is 6.46. The number of fused-ring (bicyclic) bond motifs is 5. The number of piperidine rings is 1. The second kappa shape index (κ2) is 9.10. The number of esters is 2. The molecule has 2 aromatic rings. The minimum absolute atomic E-state index is 0. The number of hydrogen-bond donors (Lipinski definition) is 0. The summed E-state index contributed by atoms with van der Waals surface area (Å²) in [7, 11) is 2.12. The van der Waals surface area contributed by atoms with E-state index in [2.05, 4.69) is 11.9 Å². The van der Waals surface area contributed by atoms with Gasteiger partial charge in [0.2, 0.25) is 0 Å². The van der Waals surface area contributed by atoms with Crippen LogP contribution in [0.15, 0.2) is 60.7 Å². The molecule has 0 amide bonds. The first-order valence-corrected chi connectivity index (χ1v) is 10.5. The zero-order valence-corrected chi connectivity index (χ0v) is 19.0. The molecule has 7 heteroatoms. The molecule has 3 aliphatic rings. The fourth-order valence-electron chi connectivity index (χ4n) is 4.85. The number of halogens is 1. The Morgan fingerprint density at radius 2 is 1.58 bits per heavy atom. The molecule has 0 N–H and O–H groups in total. The quantitative estimate of drug-likeness (QED) is 0.459. The summed E-state index contributed by atoms with van der Waals surface area (Å²) in [5.41, 5.74) is 1.24. The van der Waals surface area contributed by atoms with Crippen LogP contribution in [-0.2, 0) is 19.0 Å². The molecule has 0 saturated carbocycles. The normalized spacial score (nSPS) is 29.3. The minimum atomic E-state index is -0.651. The fourth-order valence-corrected chi connectivity index (χ4v) is 4.85. The highest BCUT2D eigenvalue weighted by Gasteiger charge is 2.62. The molecule has 31 heavy (non-hydrogen) atoms. The lowest BCUT2D eigenvalue weighted by Gasteiger charge is -2.38. The molecule has 3 saturated heterocycles. The molecule has 3 heterocycles. The molecule has 2 aromatic carbocycles. The molecule has 0 radical (unpaired) electrons. The van der Waals surface area contributed by atoms with E-state index in [-0.39, 0.29) is 35.7 Å². The molecule has 0 unspecified atom stereocenters. The predicted molar refractivity (Wildman–Crippen MR) is 119 cm³/mol. The average Bonchev–Trinajstić information content (AvgIpc) is 3.53. The minimum Gasteiger partial charge on any atom is -0.462 e. The van der Waals surface area contributed by atoms with Gasteiger partial charge in [0.05, 0.1) is 5.56 Å². The van der Waals surface area contributed by atoms with Crippen molar-refractivity contribution in [3.05, 3.63) is 71.8 Å². The third-order valence-electron chi connectivity index (χ3n) is 6.53. The van der Waals surface area contributed by atoms with Crippen molar-refractivity contribution < 1.29 is 23.8 Å². The van der Waals surface area contributed by atoms with E-state index in [4.69, 9.17) is 14.2 Å². The van der Waals surface area contributed by atoms with Crippen molar-refractivity contribution in [3.63, 3.8) is 0 Å². The molecular formula is C24H26BrNO5. The van der Waals surface area contributed by atoms with Crippen LogP contribution in [0.2, 0.25) is 0 Å². The van der Waals surface area contributed by atoms with Gasteiger partial charge in [-0.05, 0) is 24.7 Å². The van der Waals surface area contributed by atoms with Gasteiger partial charge in [0, 0.05) is 24.9 Å². The standard InChI is InChI=1S/C24H25NO5.BrH/c1-25-19-12-17(13-20(25)22-21(19)30-22)29-24(27)18(15-8-4-2-5-9-15)14-28-23(26)16-10-6-3-7-11-16;/h2-11,17-22H,12-14H2,1H3;1H/t17-,18-,19-,20+,21-,22+;/m1./s1. The maximum atomic E-state index is 13.1. The Bertz CT molecular complexity index is 906. The third-order valence-corrected chi connectivity index (χ3v) is 6.53. The lowest BCUT2D eigenvalue weighted by atomic mass is 9.97. The summed E-state index contributed by atoms with van der Waals surface area (Å²) >= 11 is 0. The van der Waals surface area contributed by atoms with Crippen LogP contribution >= 0.6 is 17.0 Å². The molecule has 3 aliphatic heterocycles. The van der Waals surface area contributed by atoms with Crippen molar-refractivity contribution in [2.75, 3.05) is 13.7 Å². The number of morpholine rings is 1. The van der Waals surface area contributed by atoms with Gasteiger partial charge in [-0.25, -0.2) is 4.79 Å². The van der Waals surface area contributed by atoms with Crippen molar-refractivity contribution in [2.45, 2.75) is 49.2 Å². The first kappa shape index (κ1) is 22.0. The van der Waals surface area contributed by atoms with Crippen molar-refractivity contribution in [2.24, 2.45) is 0 Å². The predicted octanol–water partition coefficient (Wildman–Crippen LogP) is 3.36. The molecule has 0 aromatic heterocycles. The van der Waals surface area contributed by atoms with E-state index in [1.807, 2.05) is 36.4 Å². The van der Waals surface area contributed by atoms with Crippen LogP contribution in [-0.4, -0.2) is 60.9 Å². The Balaban J connectivity index is 0.00000231.